The van der Waals surface area contributed by atoms with Gasteiger partial charge in [-0.15, -0.1) is 0 Å². The summed E-state index contributed by atoms with van der Waals surface area (Å²) in [6.45, 7) is 3.89. The number of rotatable bonds is 10. The third-order valence-electron chi connectivity index (χ3n) is 12.2. The minimum atomic E-state index is -0.386. The Morgan fingerprint density at radius 2 is 1.47 bits per heavy atom. The fourth-order valence-corrected chi connectivity index (χ4v) is 9.03. The largest absolute Gasteiger partial charge is 0.374 e. The van der Waals surface area contributed by atoms with Crippen molar-refractivity contribution in [1.82, 2.24) is 25.5 Å². The second-order valence-corrected chi connectivity index (χ2v) is 16.3. The number of aromatic nitrogens is 2. The molecule has 57 heavy (non-hydrogen) atoms. The highest BCUT2D eigenvalue weighted by molar-refractivity contribution is 6.32. The number of amides is 3. The summed E-state index contributed by atoms with van der Waals surface area (Å²) in [5.74, 6) is 0.0468. The van der Waals surface area contributed by atoms with Gasteiger partial charge in [-0.2, -0.15) is 0 Å². The van der Waals surface area contributed by atoms with E-state index in [-0.39, 0.29) is 47.6 Å². The Morgan fingerprint density at radius 1 is 0.772 bits per heavy atom. The number of halogens is 2. The van der Waals surface area contributed by atoms with Crippen molar-refractivity contribution in [3.63, 3.8) is 0 Å². The number of piperidine rings is 3. The molecule has 11 nitrogen and oxygen atoms in total. The van der Waals surface area contributed by atoms with Crippen molar-refractivity contribution in [1.29, 1.82) is 0 Å². The summed E-state index contributed by atoms with van der Waals surface area (Å²) >= 11 is 6.57. The van der Waals surface area contributed by atoms with Gasteiger partial charge in [0, 0.05) is 60.5 Å². The van der Waals surface area contributed by atoms with Crippen LogP contribution in [0, 0.1) is 11.7 Å². The van der Waals surface area contributed by atoms with Crippen molar-refractivity contribution < 1.29 is 18.8 Å². The van der Waals surface area contributed by atoms with Crippen LogP contribution in [-0.4, -0.2) is 82.9 Å². The van der Waals surface area contributed by atoms with Gasteiger partial charge in [0.05, 0.1) is 16.9 Å². The molecular weight excluding hydrogens is 743 g/mol. The van der Waals surface area contributed by atoms with E-state index in [2.05, 4.69) is 48.2 Å². The van der Waals surface area contributed by atoms with Crippen LogP contribution in [0.15, 0.2) is 79.0 Å². The Hall–Kier alpha value is -5.07. The van der Waals surface area contributed by atoms with Crippen molar-refractivity contribution in [2.45, 2.75) is 88.4 Å². The maximum absolute atomic E-state index is 13.5. The lowest BCUT2D eigenvalue weighted by Gasteiger charge is -2.42. The number of imide groups is 1. The average Bonchev–Trinajstić information content (AvgIpc) is 3.24. The summed E-state index contributed by atoms with van der Waals surface area (Å²) < 4.78 is 13.5. The molecule has 0 bridgehead atoms. The molecule has 8 rings (SSSR count). The number of nitrogens with one attached hydrogen (secondary N) is 4. The van der Waals surface area contributed by atoms with Crippen LogP contribution >= 0.6 is 11.6 Å². The average molecular weight is 793 g/mol. The van der Waals surface area contributed by atoms with Gasteiger partial charge in [-0.3, -0.25) is 19.7 Å². The van der Waals surface area contributed by atoms with Crippen LogP contribution in [0.4, 0.5) is 21.7 Å². The first kappa shape index (κ1) is 38.8. The molecular formula is C44H50ClFN8O3. The quantitative estimate of drug-likeness (QED) is 0.125. The number of hydrogen-bond donors (Lipinski definition) is 4. The molecule has 3 aromatic carbocycles. The number of benzene rings is 3. The van der Waals surface area contributed by atoms with Gasteiger partial charge < -0.3 is 25.8 Å². The molecule has 1 aromatic heterocycles. The third-order valence-corrected chi connectivity index (χ3v) is 12.4. The monoisotopic (exact) mass is 792 g/mol. The maximum atomic E-state index is 13.5. The van der Waals surface area contributed by atoms with Gasteiger partial charge in [0.15, 0.2) is 0 Å². The summed E-state index contributed by atoms with van der Waals surface area (Å²) in [6.07, 6.45) is 10.1. The predicted molar refractivity (Wildman–Crippen MR) is 221 cm³/mol. The molecule has 1 unspecified atom stereocenters. The fraction of sp³-hybridized carbons (Fsp3) is 0.432. The molecule has 0 radical (unpaired) electrons. The van der Waals surface area contributed by atoms with Gasteiger partial charge in [-0.05, 0) is 124 Å². The second-order valence-electron chi connectivity index (χ2n) is 15.9. The van der Waals surface area contributed by atoms with E-state index in [1.165, 1.54) is 17.8 Å². The Balaban J connectivity index is 0.749. The van der Waals surface area contributed by atoms with Crippen LogP contribution < -0.4 is 26.2 Å². The smallest absolute Gasteiger partial charge is 0.249 e. The number of hydrogen-bond acceptors (Lipinski definition) is 9. The molecule has 0 spiro atoms. The summed E-state index contributed by atoms with van der Waals surface area (Å²) in [5, 5.41) is 13.0. The molecule has 4 N–H and O–H groups in total. The SMILES string of the molecule is O=C1CCC(Nc2ccc(N3CCC(N4CCC(C(=O)N[C@H]5CC[C@H](Nc6ncc(Cl)c(-c7cccc(-c8ccc(F)cc8)c7)n6)CC5)CC4)CC3)cc2)C(=O)N1. The van der Waals surface area contributed by atoms with Crippen molar-refractivity contribution in [2.24, 2.45) is 5.92 Å². The van der Waals surface area contributed by atoms with E-state index in [4.69, 9.17) is 16.6 Å². The van der Waals surface area contributed by atoms with Crippen molar-refractivity contribution in [2.75, 3.05) is 41.7 Å². The van der Waals surface area contributed by atoms with E-state index in [0.29, 0.717) is 35.5 Å². The summed E-state index contributed by atoms with van der Waals surface area (Å²) in [7, 11) is 0. The lowest BCUT2D eigenvalue weighted by atomic mass is 9.89. The van der Waals surface area contributed by atoms with Crippen molar-refractivity contribution >= 4 is 46.6 Å². The summed E-state index contributed by atoms with van der Waals surface area (Å²) in [6, 6.07) is 23.1. The van der Waals surface area contributed by atoms with Gasteiger partial charge in [0.25, 0.3) is 0 Å². The molecule has 4 fully saturated rings. The van der Waals surface area contributed by atoms with Gasteiger partial charge in [-0.1, -0.05) is 41.9 Å². The number of anilines is 3. The molecule has 4 aromatic rings. The van der Waals surface area contributed by atoms with Crippen LogP contribution in [0.2, 0.25) is 5.02 Å². The first-order valence-electron chi connectivity index (χ1n) is 20.4. The number of nitrogens with zero attached hydrogens (tertiary/aromatic N) is 4. The minimum absolute atomic E-state index is 0.0620. The highest BCUT2D eigenvalue weighted by Gasteiger charge is 2.33. The minimum Gasteiger partial charge on any atom is -0.374 e. The Morgan fingerprint density at radius 3 is 2.19 bits per heavy atom. The number of carbonyl (C=O) groups is 3. The molecule has 3 amide bonds. The van der Waals surface area contributed by atoms with E-state index in [1.54, 1.807) is 18.3 Å². The van der Waals surface area contributed by atoms with Gasteiger partial charge in [0.2, 0.25) is 23.7 Å². The standard InChI is InChI=1S/C44H50ClFN8O3/c45-38-27-47-44(52-41(38)31-3-1-2-30(26-31)28-4-6-32(46)7-5-28)50-35-10-8-34(9-11-35)49-42(56)29-18-22-53(23-19-29)37-20-24-54(25-21-37)36-14-12-33(13-15-36)48-39-16-17-40(55)51-43(39)57/h1-7,12-15,26-27,29,34-35,37,39,48H,8-11,16-25H2,(H,49,56)(H,47,50,52)(H,51,55,57)/t34-,35-,39?. The van der Waals surface area contributed by atoms with Crippen molar-refractivity contribution in [3.05, 3.63) is 89.8 Å². The Bertz CT molecular complexity index is 2040. The molecule has 4 heterocycles. The topological polar surface area (TPSA) is 132 Å². The summed E-state index contributed by atoms with van der Waals surface area (Å²) in [5.41, 5.74) is 5.41. The van der Waals surface area contributed by atoms with E-state index in [1.807, 2.05) is 36.4 Å². The van der Waals surface area contributed by atoms with Crippen LogP contribution in [0.3, 0.4) is 0 Å². The first-order chi connectivity index (χ1) is 27.7. The third kappa shape index (κ3) is 9.56. The number of likely N-dealkylation sites (tertiary alicyclic amines) is 1. The first-order valence-corrected chi connectivity index (χ1v) is 20.8. The molecule has 1 aliphatic carbocycles. The van der Waals surface area contributed by atoms with Gasteiger partial charge >= 0.3 is 0 Å². The molecule has 298 valence electrons. The molecule has 1 atom stereocenters. The molecule has 1 saturated carbocycles. The van der Waals surface area contributed by atoms with E-state index < -0.39 is 0 Å². The van der Waals surface area contributed by atoms with Gasteiger partial charge in [-0.25, -0.2) is 14.4 Å². The lowest BCUT2D eigenvalue weighted by Crippen LogP contribution is -2.50. The lowest BCUT2D eigenvalue weighted by molar-refractivity contribution is -0.133. The predicted octanol–water partition coefficient (Wildman–Crippen LogP) is 7.04. The van der Waals surface area contributed by atoms with Crippen molar-refractivity contribution in [3.8, 4) is 22.4 Å². The zero-order chi connectivity index (χ0) is 39.3. The van der Waals surface area contributed by atoms with Crippen LogP contribution in [0.5, 0.6) is 0 Å². The normalized spacial score (nSPS) is 22.5. The van der Waals surface area contributed by atoms with E-state index in [9.17, 15) is 18.8 Å². The number of carbonyl (C=O) groups excluding carboxylic acids is 3. The molecule has 3 saturated heterocycles. The Labute approximate surface area is 338 Å². The van der Waals surface area contributed by atoms with Crippen LogP contribution in [-0.2, 0) is 14.4 Å². The maximum Gasteiger partial charge on any atom is 0.249 e. The summed E-state index contributed by atoms with van der Waals surface area (Å²) in [4.78, 5) is 51.2. The molecule has 4 aliphatic rings. The Kier molecular flexibility index (Phi) is 12.0. The van der Waals surface area contributed by atoms with E-state index in [0.717, 1.165) is 99.9 Å². The second kappa shape index (κ2) is 17.6. The van der Waals surface area contributed by atoms with Gasteiger partial charge in [0.1, 0.15) is 11.9 Å². The highest BCUT2D eigenvalue weighted by Crippen LogP contribution is 2.32. The van der Waals surface area contributed by atoms with E-state index >= 15 is 0 Å². The molecule has 13 heteroatoms. The highest BCUT2D eigenvalue weighted by atomic mass is 35.5. The zero-order valence-electron chi connectivity index (χ0n) is 32.1. The molecule has 3 aliphatic heterocycles. The zero-order valence-corrected chi connectivity index (χ0v) is 32.8. The van der Waals surface area contributed by atoms with Crippen LogP contribution in [0.1, 0.15) is 64.2 Å². The fourth-order valence-electron chi connectivity index (χ4n) is 8.83. The van der Waals surface area contributed by atoms with Crippen LogP contribution in [0.25, 0.3) is 22.4 Å².